The number of ether oxygens (including phenoxy) is 2. The molecule has 0 aliphatic heterocycles. The average molecular weight is 487 g/mol. The van der Waals surface area contributed by atoms with Crippen LogP contribution in [0.3, 0.4) is 0 Å². The van der Waals surface area contributed by atoms with Crippen LogP contribution in [0.5, 0.6) is 11.5 Å². The van der Waals surface area contributed by atoms with Crippen LogP contribution in [0, 0.1) is 11.3 Å². The highest BCUT2D eigenvalue weighted by Crippen LogP contribution is 2.30. The number of amides is 2. The van der Waals surface area contributed by atoms with Gasteiger partial charge in [0.15, 0.2) is 17.6 Å². The molecule has 0 saturated heterocycles. The summed E-state index contributed by atoms with van der Waals surface area (Å²) in [6.07, 6.45) is 0.631. The van der Waals surface area contributed by atoms with E-state index in [2.05, 4.69) is 5.32 Å². The molecular weight excluding hydrogens is 460 g/mol. The minimum absolute atomic E-state index is 0.103. The van der Waals surface area contributed by atoms with Crippen LogP contribution in [0.25, 0.3) is 6.08 Å². The van der Waals surface area contributed by atoms with Crippen LogP contribution in [0.2, 0.25) is 0 Å². The number of carbonyl (C=O) groups is 2. The smallest absolute Gasteiger partial charge is 0.266 e. The van der Waals surface area contributed by atoms with Crippen molar-refractivity contribution in [3.05, 3.63) is 53.6 Å². The summed E-state index contributed by atoms with van der Waals surface area (Å²) in [7, 11) is -0.604. The lowest BCUT2D eigenvalue weighted by Crippen LogP contribution is -2.35. The molecule has 3 N–H and O–H groups in total. The molecule has 0 aliphatic rings. The Morgan fingerprint density at radius 1 is 1.18 bits per heavy atom. The monoisotopic (exact) mass is 486 g/mol. The topological polar surface area (TPSA) is 152 Å². The number of rotatable bonds is 9. The summed E-state index contributed by atoms with van der Waals surface area (Å²) in [5.41, 5.74) is 0.596. The quantitative estimate of drug-likeness (QED) is 0.407. The second-order valence-electron chi connectivity index (χ2n) is 7.33. The van der Waals surface area contributed by atoms with Gasteiger partial charge >= 0.3 is 0 Å². The molecule has 11 heteroatoms. The summed E-state index contributed by atoms with van der Waals surface area (Å²) in [4.78, 5) is 26.0. The number of likely N-dealkylation sites (N-methyl/N-ethyl adjacent to an activating group) is 1. The third-order valence-corrected chi connectivity index (χ3v) is 5.41. The maximum Gasteiger partial charge on any atom is 0.266 e. The molecule has 0 aliphatic carbocycles. The van der Waals surface area contributed by atoms with E-state index in [1.165, 1.54) is 35.2 Å². The largest absolute Gasteiger partial charge is 0.490 e. The molecule has 34 heavy (non-hydrogen) atoms. The highest BCUT2D eigenvalue weighted by molar-refractivity contribution is 7.89. The van der Waals surface area contributed by atoms with Crippen LogP contribution in [0.15, 0.2) is 52.9 Å². The van der Waals surface area contributed by atoms with Gasteiger partial charge in [0.2, 0.25) is 10.0 Å². The molecule has 10 nitrogen and oxygen atoms in total. The summed E-state index contributed by atoms with van der Waals surface area (Å²) in [6.45, 7) is 3.75. The minimum Gasteiger partial charge on any atom is -0.490 e. The molecule has 0 saturated carbocycles. The van der Waals surface area contributed by atoms with Gasteiger partial charge in [-0.1, -0.05) is 6.07 Å². The van der Waals surface area contributed by atoms with Gasteiger partial charge in [-0.3, -0.25) is 9.59 Å². The lowest BCUT2D eigenvalue weighted by Gasteiger charge is -2.20. The summed E-state index contributed by atoms with van der Waals surface area (Å²) in [5.74, 6) is -0.202. The average Bonchev–Trinajstić information content (AvgIpc) is 2.78. The predicted molar refractivity (Wildman–Crippen MR) is 126 cm³/mol. The Bertz CT molecular complexity index is 1230. The van der Waals surface area contributed by atoms with E-state index >= 15 is 0 Å². The van der Waals surface area contributed by atoms with E-state index in [0.29, 0.717) is 23.7 Å². The van der Waals surface area contributed by atoms with Gasteiger partial charge in [0.1, 0.15) is 11.6 Å². The van der Waals surface area contributed by atoms with Crippen LogP contribution in [0.1, 0.15) is 19.4 Å². The first kappa shape index (κ1) is 26.4. The van der Waals surface area contributed by atoms with Gasteiger partial charge in [0.05, 0.1) is 11.5 Å². The standard InChI is InChI=1S/C23H26N4O6S/c1-5-32-21-13-16(6-11-20(21)33-15(2)23(29)27(3)4)12-17(14-24)22(28)26-18-7-9-19(10-8-18)34(25,30)31/h6-13,15H,5H2,1-4H3,(H,26,28)(H2,25,30,31)/b17-12+. The maximum atomic E-state index is 12.5. The number of nitrogens with one attached hydrogen (secondary N) is 1. The van der Waals surface area contributed by atoms with Gasteiger partial charge in [0, 0.05) is 19.8 Å². The van der Waals surface area contributed by atoms with Crippen LogP contribution in [-0.2, 0) is 19.6 Å². The molecule has 1 atom stereocenters. The van der Waals surface area contributed by atoms with Crippen molar-refractivity contribution >= 4 is 33.6 Å². The van der Waals surface area contributed by atoms with E-state index in [1.54, 1.807) is 46.1 Å². The van der Waals surface area contributed by atoms with Crippen molar-refractivity contribution in [2.75, 3.05) is 26.0 Å². The van der Waals surface area contributed by atoms with E-state index in [1.807, 2.05) is 6.07 Å². The van der Waals surface area contributed by atoms with Gasteiger partial charge in [-0.2, -0.15) is 5.26 Å². The zero-order valence-corrected chi connectivity index (χ0v) is 20.0. The second kappa shape index (κ2) is 11.3. The van der Waals surface area contributed by atoms with E-state index in [-0.39, 0.29) is 22.1 Å². The Balaban J connectivity index is 2.25. The zero-order valence-electron chi connectivity index (χ0n) is 19.2. The number of nitriles is 1. The van der Waals surface area contributed by atoms with Crippen molar-refractivity contribution in [2.45, 2.75) is 24.8 Å². The number of benzene rings is 2. The van der Waals surface area contributed by atoms with Crippen molar-refractivity contribution in [1.29, 1.82) is 5.26 Å². The van der Waals surface area contributed by atoms with Crippen LogP contribution >= 0.6 is 0 Å². The number of nitrogens with zero attached hydrogens (tertiary/aromatic N) is 2. The Morgan fingerprint density at radius 2 is 1.82 bits per heavy atom. The van der Waals surface area contributed by atoms with Crippen LogP contribution < -0.4 is 19.9 Å². The van der Waals surface area contributed by atoms with E-state index in [9.17, 15) is 23.3 Å². The summed E-state index contributed by atoms with van der Waals surface area (Å²) in [6, 6.07) is 11.9. The summed E-state index contributed by atoms with van der Waals surface area (Å²) >= 11 is 0. The lowest BCUT2D eigenvalue weighted by molar-refractivity contribution is -0.135. The van der Waals surface area contributed by atoms with Crippen LogP contribution in [-0.4, -0.2) is 51.9 Å². The molecular formula is C23H26N4O6S. The Hall–Kier alpha value is -3.88. The molecule has 2 amide bonds. The Kier molecular flexibility index (Phi) is 8.77. The fraction of sp³-hybridized carbons (Fsp3) is 0.261. The summed E-state index contributed by atoms with van der Waals surface area (Å²) < 4.78 is 34.0. The maximum absolute atomic E-state index is 12.5. The number of hydrogen-bond donors (Lipinski definition) is 2. The van der Waals surface area contributed by atoms with Crippen LogP contribution in [0.4, 0.5) is 5.69 Å². The number of hydrogen-bond acceptors (Lipinski definition) is 7. The van der Waals surface area contributed by atoms with Crippen molar-refractivity contribution in [2.24, 2.45) is 5.14 Å². The van der Waals surface area contributed by atoms with Gasteiger partial charge in [-0.05, 0) is 61.9 Å². The highest BCUT2D eigenvalue weighted by atomic mass is 32.2. The molecule has 0 heterocycles. The van der Waals surface area contributed by atoms with Gasteiger partial charge < -0.3 is 19.7 Å². The SMILES string of the molecule is CCOc1cc(/C=C(\C#N)C(=O)Nc2ccc(S(N)(=O)=O)cc2)ccc1OC(C)C(=O)N(C)C. The molecule has 2 aromatic carbocycles. The fourth-order valence-electron chi connectivity index (χ4n) is 2.83. The fourth-order valence-corrected chi connectivity index (χ4v) is 3.34. The number of anilines is 1. The second-order valence-corrected chi connectivity index (χ2v) is 8.89. The summed E-state index contributed by atoms with van der Waals surface area (Å²) in [5, 5.41) is 17.1. The zero-order chi connectivity index (χ0) is 25.5. The number of sulfonamides is 1. The third kappa shape index (κ3) is 7.06. The van der Waals surface area contributed by atoms with Gasteiger partial charge in [0.25, 0.3) is 11.8 Å². The Morgan fingerprint density at radius 3 is 2.35 bits per heavy atom. The van der Waals surface area contributed by atoms with Crippen molar-refractivity contribution in [3.63, 3.8) is 0 Å². The first-order valence-electron chi connectivity index (χ1n) is 10.2. The molecule has 0 radical (unpaired) electrons. The molecule has 180 valence electrons. The first-order chi connectivity index (χ1) is 16.0. The minimum atomic E-state index is -3.86. The molecule has 0 fully saturated rings. The Labute approximate surface area is 198 Å². The number of primary sulfonamides is 1. The lowest BCUT2D eigenvalue weighted by atomic mass is 10.1. The molecule has 0 spiro atoms. The third-order valence-electron chi connectivity index (χ3n) is 4.48. The van der Waals surface area contributed by atoms with Gasteiger partial charge in [-0.25, -0.2) is 13.6 Å². The normalized spacial score (nSPS) is 12.3. The van der Waals surface area contributed by atoms with Gasteiger partial charge in [-0.15, -0.1) is 0 Å². The molecule has 2 aromatic rings. The number of carbonyl (C=O) groups excluding carboxylic acids is 2. The van der Waals surface area contributed by atoms with Crippen molar-refractivity contribution < 1.29 is 27.5 Å². The molecule has 0 bridgehead atoms. The van der Waals surface area contributed by atoms with Crippen molar-refractivity contribution in [1.82, 2.24) is 4.90 Å². The molecule has 1 unspecified atom stereocenters. The van der Waals surface area contributed by atoms with E-state index < -0.39 is 22.0 Å². The van der Waals surface area contributed by atoms with E-state index in [4.69, 9.17) is 14.6 Å². The molecule has 0 aromatic heterocycles. The predicted octanol–water partition coefficient (Wildman–Crippen LogP) is 2.13. The highest BCUT2D eigenvalue weighted by Gasteiger charge is 2.19. The molecule has 2 rings (SSSR count). The van der Waals surface area contributed by atoms with E-state index in [0.717, 1.165) is 0 Å². The van der Waals surface area contributed by atoms with Crippen molar-refractivity contribution in [3.8, 4) is 17.6 Å². The number of nitrogens with two attached hydrogens (primary N) is 1. The first-order valence-corrected chi connectivity index (χ1v) is 11.7.